The van der Waals surface area contributed by atoms with Crippen molar-refractivity contribution in [1.29, 1.82) is 0 Å². The minimum Gasteiger partial charge on any atom is -0.314 e. The lowest BCUT2D eigenvalue weighted by Crippen LogP contribution is -2.41. The van der Waals surface area contributed by atoms with Gasteiger partial charge in [0, 0.05) is 12.1 Å². The number of nitrogens with one attached hydrogen (secondary N) is 1. The highest BCUT2D eigenvalue weighted by Crippen LogP contribution is 2.26. The first-order valence-corrected chi connectivity index (χ1v) is 8.21. The van der Waals surface area contributed by atoms with Crippen molar-refractivity contribution in [2.75, 3.05) is 20.1 Å². The van der Waals surface area contributed by atoms with Crippen LogP contribution in [0.15, 0.2) is 0 Å². The summed E-state index contributed by atoms with van der Waals surface area (Å²) in [4.78, 5) is 2.57. The van der Waals surface area contributed by atoms with Gasteiger partial charge in [-0.25, -0.2) is 0 Å². The quantitative estimate of drug-likeness (QED) is 0.806. The molecule has 1 aliphatic heterocycles. The predicted molar refractivity (Wildman–Crippen MR) is 78.9 cm³/mol. The zero-order valence-electron chi connectivity index (χ0n) is 12.5. The minimum absolute atomic E-state index is 0.735. The molecule has 18 heavy (non-hydrogen) atoms. The van der Waals surface area contributed by atoms with E-state index in [4.69, 9.17) is 0 Å². The second-order valence-electron chi connectivity index (χ2n) is 6.56. The molecule has 1 saturated heterocycles. The van der Waals surface area contributed by atoms with E-state index in [-0.39, 0.29) is 0 Å². The first kappa shape index (κ1) is 14.3. The fourth-order valence-corrected chi connectivity index (χ4v) is 3.79. The lowest BCUT2D eigenvalue weighted by molar-refractivity contribution is 0.172. The van der Waals surface area contributed by atoms with E-state index in [1.165, 1.54) is 70.9 Å². The number of nitrogens with zero attached hydrogens (tertiary/aromatic N) is 1. The second-order valence-corrected chi connectivity index (χ2v) is 6.56. The molecule has 0 spiro atoms. The first-order valence-electron chi connectivity index (χ1n) is 8.21. The summed E-state index contributed by atoms with van der Waals surface area (Å²) in [6.45, 7) is 4.93. The molecule has 106 valence electrons. The zero-order chi connectivity index (χ0) is 12.8. The number of rotatable bonds is 5. The van der Waals surface area contributed by atoms with Crippen molar-refractivity contribution >= 4 is 0 Å². The fraction of sp³-hybridized carbons (Fsp3) is 1.00. The van der Waals surface area contributed by atoms with Crippen LogP contribution in [0.2, 0.25) is 0 Å². The van der Waals surface area contributed by atoms with Crippen LogP contribution in [0.1, 0.15) is 64.7 Å². The standard InChI is InChI=1S/C16H32N2/c1-14(15-8-4-3-5-9-15)17-12-11-16-10-6-7-13-18(16)2/h14-17H,3-13H2,1-2H3/t14-,16?/m0/s1. The Morgan fingerprint density at radius 1 is 1.06 bits per heavy atom. The molecular weight excluding hydrogens is 220 g/mol. The summed E-state index contributed by atoms with van der Waals surface area (Å²) in [6.07, 6.45) is 12.9. The van der Waals surface area contributed by atoms with Gasteiger partial charge in [-0.05, 0) is 65.1 Å². The molecule has 0 bridgehead atoms. The molecule has 0 aromatic carbocycles. The summed E-state index contributed by atoms with van der Waals surface area (Å²) >= 11 is 0. The van der Waals surface area contributed by atoms with Crippen LogP contribution in [0.25, 0.3) is 0 Å². The lowest BCUT2D eigenvalue weighted by atomic mass is 9.84. The van der Waals surface area contributed by atoms with Gasteiger partial charge in [0.25, 0.3) is 0 Å². The van der Waals surface area contributed by atoms with E-state index in [9.17, 15) is 0 Å². The SMILES string of the molecule is C[C@H](NCCC1CCCCN1C)C1CCCCC1. The Balaban J connectivity index is 1.61. The first-order chi connectivity index (χ1) is 8.77. The Kier molecular flexibility index (Phi) is 5.97. The molecule has 2 atom stereocenters. The van der Waals surface area contributed by atoms with Crippen molar-refractivity contribution in [3.8, 4) is 0 Å². The average Bonchev–Trinajstić information content (AvgIpc) is 2.42. The van der Waals surface area contributed by atoms with Gasteiger partial charge in [0.15, 0.2) is 0 Å². The molecule has 1 aliphatic carbocycles. The maximum atomic E-state index is 3.79. The Morgan fingerprint density at radius 2 is 1.78 bits per heavy atom. The van der Waals surface area contributed by atoms with Crippen LogP contribution in [-0.2, 0) is 0 Å². The van der Waals surface area contributed by atoms with Crippen molar-refractivity contribution < 1.29 is 0 Å². The van der Waals surface area contributed by atoms with Gasteiger partial charge in [-0.1, -0.05) is 25.7 Å². The third kappa shape index (κ3) is 4.24. The summed E-state index contributed by atoms with van der Waals surface area (Å²) < 4.78 is 0. The van der Waals surface area contributed by atoms with Gasteiger partial charge in [-0.2, -0.15) is 0 Å². The van der Waals surface area contributed by atoms with Crippen molar-refractivity contribution in [3.63, 3.8) is 0 Å². The summed E-state index contributed by atoms with van der Waals surface area (Å²) in [5, 5.41) is 3.79. The molecule has 1 saturated carbocycles. The maximum Gasteiger partial charge on any atom is 0.0104 e. The Bertz CT molecular complexity index is 223. The van der Waals surface area contributed by atoms with Gasteiger partial charge in [0.05, 0.1) is 0 Å². The Labute approximate surface area is 114 Å². The minimum atomic E-state index is 0.735. The summed E-state index contributed by atoms with van der Waals surface area (Å²) in [7, 11) is 2.30. The molecule has 2 rings (SSSR count). The van der Waals surface area contributed by atoms with Crippen LogP contribution in [0.5, 0.6) is 0 Å². The third-order valence-corrected chi connectivity index (χ3v) is 5.22. The van der Waals surface area contributed by atoms with Gasteiger partial charge in [-0.15, -0.1) is 0 Å². The molecule has 2 aliphatic rings. The van der Waals surface area contributed by atoms with Crippen LogP contribution in [0, 0.1) is 5.92 Å². The second kappa shape index (κ2) is 7.49. The molecule has 1 heterocycles. The van der Waals surface area contributed by atoms with Crippen LogP contribution in [0.4, 0.5) is 0 Å². The van der Waals surface area contributed by atoms with Crippen molar-refractivity contribution in [1.82, 2.24) is 10.2 Å². The van der Waals surface area contributed by atoms with Gasteiger partial charge in [0.1, 0.15) is 0 Å². The van der Waals surface area contributed by atoms with Crippen LogP contribution in [0.3, 0.4) is 0 Å². The molecule has 2 fully saturated rings. The Hall–Kier alpha value is -0.0800. The number of likely N-dealkylation sites (tertiary alicyclic amines) is 1. The fourth-order valence-electron chi connectivity index (χ4n) is 3.79. The van der Waals surface area contributed by atoms with Gasteiger partial charge >= 0.3 is 0 Å². The summed E-state index contributed by atoms with van der Waals surface area (Å²) in [5.74, 6) is 0.947. The number of hydrogen-bond acceptors (Lipinski definition) is 2. The third-order valence-electron chi connectivity index (χ3n) is 5.22. The highest BCUT2D eigenvalue weighted by molar-refractivity contribution is 4.78. The monoisotopic (exact) mass is 252 g/mol. The smallest absolute Gasteiger partial charge is 0.0104 e. The predicted octanol–water partition coefficient (Wildman–Crippen LogP) is 3.42. The summed E-state index contributed by atoms with van der Waals surface area (Å²) in [6, 6.07) is 1.57. The molecular formula is C16H32N2. The normalized spacial score (nSPS) is 29.3. The van der Waals surface area contributed by atoms with E-state index in [2.05, 4.69) is 24.2 Å². The van der Waals surface area contributed by atoms with Crippen LogP contribution in [-0.4, -0.2) is 37.1 Å². The zero-order valence-corrected chi connectivity index (χ0v) is 12.5. The highest BCUT2D eigenvalue weighted by atomic mass is 15.1. The molecule has 1 unspecified atom stereocenters. The van der Waals surface area contributed by atoms with Gasteiger partial charge < -0.3 is 10.2 Å². The topological polar surface area (TPSA) is 15.3 Å². The summed E-state index contributed by atoms with van der Waals surface area (Å²) in [5.41, 5.74) is 0. The van der Waals surface area contributed by atoms with E-state index < -0.39 is 0 Å². The van der Waals surface area contributed by atoms with E-state index in [0.29, 0.717) is 0 Å². The molecule has 0 aromatic heterocycles. The molecule has 0 amide bonds. The van der Waals surface area contributed by atoms with Gasteiger partial charge in [-0.3, -0.25) is 0 Å². The number of hydrogen-bond donors (Lipinski definition) is 1. The van der Waals surface area contributed by atoms with Crippen LogP contribution < -0.4 is 5.32 Å². The van der Waals surface area contributed by atoms with Crippen molar-refractivity contribution in [2.24, 2.45) is 5.92 Å². The van der Waals surface area contributed by atoms with Crippen molar-refractivity contribution in [2.45, 2.75) is 76.8 Å². The van der Waals surface area contributed by atoms with E-state index >= 15 is 0 Å². The van der Waals surface area contributed by atoms with E-state index in [1.54, 1.807) is 0 Å². The maximum absolute atomic E-state index is 3.79. The lowest BCUT2D eigenvalue weighted by Gasteiger charge is -2.33. The molecule has 1 N–H and O–H groups in total. The molecule has 0 radical (unpaired) electrons. The molecule has 2 nitrogen and oxygen atoms in total. The van der Waals surface area contributed by atoms with E-state index in [0.717, 1.165) is 18.0 Å². The number of piperidine rings is 1. The Morgan fingerprint density at radius 3 is 2.50 bits per heavy atom. The largest absolute Gasteiger partial charge is 0.314 e. The molecule has 2 heteroatoms. The van der Waals surface area contributed by atoms with Crippen molar-refractivity contribution in [3.05, 3.63) is 0 Å². The highest BCUT2D eigenvalue weighted by Gasteiger charge is 2.21. The van der Waals surface area contributed by atoms with E-state index in [1.807, 2.05) is 0 Å². The van der Waals surface area contributed by atoms with Gasteiger partial charge in [0.2, 0.25) is 0 Å². The van der Waals surface area contributed by atoms with Crippen LogP contribution >= 0.6 is 0 Å². The molecule has 0 aromatic rings. The average molecular weight is 252 g/mol.